The van der Waals surface area contributed by atoms with Gasteiger partial charge < -0.3 is 4.74 Å². The Morgan fingerprint density at radius 2 is 2.24 bits per heavy atom. The van der Waals surface area contributed by atoms with Gasteiger partial charge in [0.2, 0.25) is 11.4 Å². The lowest BCUT2D eigenvalue weighted by molar-refractivity contribution is -0.385. The molecule has 21 heavy (non-hydrogen) atoms. The van der Waals surface area contributed by atoms with Crippen LogP contribution in [0.15, 0.2) is 41.4 Å². The Morgan fingerprint density at radius 1 is 1.43 bits per heavy atom. The van der Waals surface area contributed by atoms with E-state index in [1.54, 1.807) is 23.0 Å². The van der Waals surface area contributed by atoms with Crippen LogP contribution in [0.25, 0.3) is 5.65 Å². The molecule has 0 spiro atoms. The molecule has 0 atom stereocenters. The van der Waals surface area contributed by atoms with Gasteiger partial charge in [-0.25, -0.2) is 9.97 Å². The highest BCUT2D eigenvalue weighted by atomic mass is 79.9. The van der Waals surface area contributed by atoms with E-state index in [1.807, 2.05) is 0 Å². The number of ether oxygens (including phenoxy) is 1. The van der Waals surface area contributed by atoms with Crippen LogP contribution >= 0.6 is 27.5 Å². The Balaban J connectivity index is 2.12. The fourth-order valence-electron chi connectivity index (χ4n) is 1.77. The molecule has 0 unspecified atom stereocenters. The number of nitro benzene ring substituents is 1. The number of nitro groups is 1. The van der Waals surface area contributed by atoms with E-state index < -0.39 is 4.92 Å². The predicted octanol–water partition coefficient (Wildman–Crippen LogP) is 3.85. The van der Waals surface area contributed by atoms with Crippen molar-refractivity contribution in [3.63, 3.8) is 0 Å². The van der Waals surface area contributed by atoms with Crippen LogP contribution in [0.2, 0.25) is 5.02 Å². The molecule has 0 amide bonds. The minimum atomic E-state index is -0.549. The maximum atomic E-state index is 11.0. The summed E-state index contributed by atoms with van der Waals surface area (Å²) in [5.74, 6) is 0.141. The van der Waals surface area contributed by atoms with Crippen LogP contribution in [0.1, 0.15) is 0 Å². The Hall–Kier alpha value is -2.19. The fraction of sp³-hybridized carbons (Fsp3) is 0. The maximum absolute atomic E-state index is 11.0. The van der Waals surface area contributed by atoms with E-state index in [0.29, 0.717) is 15.3 Å². The number of fused-ring (bicyclic) bond motifs is 1. The van der Waals surface area contributed by atoms with Crippen LogP contribution in [-0.4, -0.2) is 19.3 Å². The summed E-state index contributed by atoms with van der Waals surface area (Å²) in [6.07, 6.45) is 4.98. The minimum absolute atomic E-state index is 0.00278. The number of imidazole rings is 1. The Morgan fingerprint density at radius 3 is 3.00 bits per heavy atom. The third-order valence-corrected chi connectivity index (χ3v) is 3.26. The Bertz CT molecular complexity index is 852. The summed E-state index contributed by atoms with van der Waals surface area (Å²) in [5, 5.41) is 11.4. The lowest BCUT2D eigenvalue weighted by atomic mass is 10.3. The average Bonchev–Trinajstić information content (AvgIpc) is 2.86. The number of rotatable bonds is 3. The van der Waals surface area contributed by atoms with Gasteiger partial charge in [0.05, 0.1) is 4.92 Å². The summed E-state index contributed by atoms with van der Waals surface area (Å²) in [6.45, 7) is 0. The van der Waals surface area contributed by atoms with Gasteiger partial charge in [-0.3, -0.25) is 14.5 Å². The second-order valence-corrected chi connectivity index (χ2v) is 5.25. The topological polar surface area (TPSA) is 82.6 Å². The van der Waals surface area contributed by atoms with E-state index in [2.05, 4.69) is 25.9 Å². The fourth-order valence-corrected chi connectivity index (χ4v) is 2.31. The smallest absolute Gasteiger partial charge is 0.311 e. The maximum Gasteiger partial charge on any atom is 0.311 e. The molecule has 0 saturated carbocycles. The Kier molecular flexibility index (Phi) is 3.48. The highest BCUT2D eigenvalue weighted by Crippen LogP contribution is 2.34. The molecule has 7 nitrogen and oxygen atoms in total. The van der Waals surface area contributed by atoms with Crippen molar-refractivity contribution in [3.8, 4) is 11.6 Å². The highest BCUT2D eigenvalue weighted by Gasteiger charge is 2.18. The minimum Gasteiger partial charge on any atom is -0.428 e. The number of hydrogen-bond donors (Lipinski definition) is 0. The third-order valence-electron chi connectivity index (χ3n) is 2.64. The monoisotopic (exact) mass is 368 g/mol. The van der Waals surface area contributed by atoms with Crippen LogP contribution in [0.4, 0.5) is 5.69 Å². The van der Waals surface area contributed by atoms with Crippen molar-refractivity contribution < 1.29 is 9.66 Å². The summed E-state index contributed by atoms with van der Waals surface area (Å²) < 4.78 is 7.74. The molecule has 0 fully saturated rings. The summed E-state index contributed by atoms with van der Waals surface area (Å²) in [7, 11) is 0. The van der Waals surface area contributed by atoms with Gasteiger partial charge in [-0.05, 0) is 22.0 Å². The lowest BCUT2D eigenvalue weighted by Crippen LogP contribution is -1.98. The first-order valence-corrected chi connectivity index (χ1v) is 6.82. The van der Waals surface area contributed by atoms with Gasteiger partial charge in [0.15, 0.2) is 0 Å². The molecule has 1 aromatic carbocycles. The van der Waals surface area contributed by atoms with Crippen molar-refractivity contribution in [1.29, 1.82) is 0 Å². The quantitative estimate of drug-likeness (QED) is 0.517. The van der Waals surface area contributed by atoms with Gasteiger partial charge in [-0.1, -0.05) is 11.6 Å². The van der Waals surface area contributed by atoms with Gasteiger partial charge in [0.25, 0.3) is 5.88 Å². The lowest BCUT2D eigenvalue weighted by Gasteiger charge is -2.07. The molecule has 2 aromatic heterocycles. The van der Waals surface area contributed by atoms with Crippen LogP contribution < -0.4 is 4.74 Å². The molecule has 0 bridgehead atoms. The molecular formula is C12H6BrClN4O3. The molecule has 106 valence electrons. The molecule has 3 rings (SSSR count). The van der Waals surface area contributed by atoms with Crippen LogP contribution in [0, 0.1) is 10.1 Å². The zero-order chi connectivity index (χ0) is 15.0. The molecule has 3 aromatic rings. The number of halogens is 2. The van der Waals surface area contributed by atoms with Crippen molar-refractivity contribution in [2.45, 2.75) is 0 Å². The van der Waals surface area contributed by atoms with E-state index in [0.717, 1.165) is 0 Å². The summed E-state index contributed by atoms with van der Waals surface area (Å²) in [4.78, 5) is 18.7. The molecule has 0 aliphatic rings. The average molecular weight is 370 g/mol. The second kappa shape index (κ2) is 5.30. The highest BCUT2D eigenvalue weighted by molar-refractivity contribution is 9.10. The summed E-state index contributed by atoms with van der Waals surface area (Å²) >= 11 is 9.11. The van der Waals surface area contributed by atoms with E-state index in [-0.39, 0.29) is 17.3 Å². The van der Waals surface area contributed by atoms with E-state index in [1.165, 1.54) is 18.2 Å². The summed E-state index contributed by atoms with van der Waals surface area (Å²) in [6, 6.07) is 4.06. The molecule has 0 saturated heterocycles. The first-order chi connectivity index (χ1) is 10.0. The second-order valence-electron chi connectivity index (χ2n) is 4.00. The van der Waals surface area contributed by atoms with Crippen LogP contribution in [0.3, 0.4) is 0 Å². The van der Waals surface area contributed by atoms with Crippen molar-refractivity contribution in [3.05, 3.63) is 56.5 Å². The normalized spacial score (nSPS) is 10.8. The van der Waals surface area contributed by atoms with Crippen molar-refractivity contribution >= 4 is 38.9 Å². The van der Waals surface area contributed by atoms with Gasteiger partial charge in [0.1, 0.15) is 4.60 Å². The zero-order valence-corrected chi connectivity index (χ0v) is 12.6. The molecule has 0 radical (unpaired) electrons. The Labute approximate surface area is 131 Å². The van der Waals surface area contributed by atoms with E-state index in [9.17, 15) is 10.1 Å². The first-order valence-electron chi connectivity index (χ1n) is 5.65. The van der Waals surface area contributed by atoms with E-state index in [4.69, 9.17) is 16.3 Å². The molecule has 9 heteroatoms. The van der Waals surface area contributed by atoms with Crippen molar-refractivity contribution in [1.82, 2.24) is 14.4 Å². The standard InChI is InChI=1S/C12H6BrClN4O3/c13-10-6-17-4-3-15-11(17)12(16-10)21-9-5-7(14)1-2-8(9)18(19)20/h1-6H. The molecule has 2 heterocycles. The van der Waals surface area contributed by atoms with Crippen molar-refractivity contribution in [2.24, 2.45) is 0 Å². The number of nitrogens with zero attached hydrogens (tertiary/aromatic N) is 4. The van der Waals surface area contributed by atoms with Crippen LogP contribution in [0.5, 0.6) is 11.6 Å². The number of aromatic nitrogens is 3. The van der Waals surface area contributed by atoms with Gasteiger partial charge in [-0.15, -0.1) is 0 Å². The molecule has 0 aliphatic heterocycles. The van der Waals surface area contributed by atoms with Gasteiger partial charge >= 0.3 is 5.69 Å². The van der Waals surface area contributed by atoms with Gasteiger partial charge in [0, 0.05) is 35.7 Å². The van der Waals surface area contributed by atoms with Gasteiger partial charge in [-0.2, -0.15) is 0 Å². The number of hydrogen-bond acceptors (Lipinski definition) is 5. The zero-order valence-electron chi connectivity index (χ0n) is 10.2. The third kappa shape index (κ3) is 2.67. The predicted molar refractivity (Wildman–Crippen MR) is 78.9 cm³/mol. The first kappa shape index (κ1) is 13.8. The van der Waals surface area contributed by atoms with Crippen LogP contribution in [-0.2, 0) is 0 Å². The molecular weight excluding hydrogens is 364 g/mol. The largest absolute Gasteiger partial charge is 0.428 e. The van der Waals surface area contributed by atoms with Crippen molar-refractivity contribution in [2.75, 3.05) is 0 Å². The SMILES string of the molecule is O=[N+]([O-])c1ccc(Cl)cc1Oc1nc(Br)cn2ccnc12. The van der Waals surface area contributed by atoms with E-state index >= 15 is 0 Å². The molecule has 0 N–H and O–H groups in total. The summed E-state index contributed by atoms with van der Waals surface area (Å²) in [5.41, 5.74) is 0.235. The molecule has 0 aliphatic carbocycles. The number of benzene rings is 1.